The van der Waals surface area contributed by atoms with Crippen molar-refractivity contribution < 1.29 is 14.3 Å². The van der Waals surface area contributed by atoms with Crippen LogP contribution in [-0.4, -0.2) is 11.9 Å². The summed E-state index contributed by atoms with van der Waals surface area (Å²) in [5.74, 6) is 1.84. The fourth-order valence-electron chi connectivity index (χ4n) is 5.55. The highest BCUT2D eigenvalue weighted by Crippen LogP contribution is 2.63. The molecule has 4 bridgehead atoms. The van der Waals surface area contributed by atoms with Crippen LogP contribution >= 0.6 is 0 Å². The van der Waals surface area contributed by atoms with Crippen molar-refractivity contribution >= 4 is 11.9 Å². The van der Waals surface area contributed by atoms with Gasteiger partial charge in [0, 0.05) is 0 Å². The van der Waals surface area contributed by atoms with E-state index in [1.165, 1.54) is 38.5 Å². The molecule has 0 aromatic rings. The molecule has 1 aliphatic heterocycles. The molecule has 0 aromatic carbocycles. The van der Waals surface area contributed by atoms with E-state index in [2.05, 4.69) is 0 Å². The fraction of sp³-hybridized carbons (Fsp3) is 0.875. The molecule has 3 nitrogen and oxygen atoms in total. The largest absolute Gasteiger partial charge is 0.393 e. The van der Waals surface area contributed by atoms with Gasteiger partial charge in [-0.3, -0.25) is 9.59 Å². The predicted octanol–water partition coefficient (Wildman–Crippen LogP) is 3.32. The van der Waals surface area contributed by atoms with Gasteiger partial charge >= 0.3 is 11.9 Å². The molecule has 5 rings (SSSR count). The minimum Gasteiger partial charge on any atom is -0.393 e. The Morgan fingerprint density at radius 2 is 1.42 bits per heavy atom. The Morgan fingerprint density at radius 1 is 0.947 bits per heavy atom. The third-order valence-electron chi connectivity index (χ3n) is 5.69. The summed E-state index contributed by atoms with van der Waals surface area (Å²) in [6.45, 7) is 4.00. The monoisotopic (exact) mass is 264 g/mol. The first-order valence-electron chi connectivity index (χ1n) is 7.89. The minimum absolute atomic E-state index is 0.108. The summed E-state index contributed by atoms with van der Waals surface area (Å²) in [7, 11) is 0. The summed E-state index contributed by atoms with van der Waals surface area (Å²) in [6.07, 6.45) is 7.98. The van der Waals surface area contributed by atoms with Gasteiger partial charge in [0.2, 0.25) is 0 Å². The van der Waals surface area contributed by atoms with Crippen LogP contribution in [0.3, 0.4) is 0 Å². The smallest absolute Gasteiger partial charge is 0.317 e. The molecule has 0 spiro atoms. The topological polar surface area (TPSA) is 43.4 Å². The zero-order chi connectivity index (χ0) is 13.6. The summed E-state index contributed by atoms with van der Waals surface area (Å²) in [6, 6.07) is 0. The molecule has 1 atom stereocenters. The average Bonchev–Trinajstić information content (AvgIpc) is 2.70. The second kappa shape index (κ2) is 4.60. The van der Waals surface area contributed by atoms with Crippen LogP contribution in [0.25, 0.3) is 0 Å². The van der Waals surface area contributed by atoms with Crippen molar-refractivity contribution in [1.29, 1.82) is 0 Å². The third-order valence-corrected chi connectivity index (χ3v) is 5.69. The quantitative estimate of drug-likeness (QED) is 0.539. The predicted molar refractivity (Wildman–Crippen MR) is 71.2 cm³/mol. The summed E-state index contributed by atoms with van der Waals surface area (Å²) in [5, 5.41) is 0. The SMILES string of the molecule is CC.O=C1CC(C23CC4CC(CC(C4)C2)C3)C(=O)O1. The average molecular weight is 264 g/mol. The van der Waals surface area contributed by atoms with E-state index in [4.69, 9.17) is 4.74 Å². The van der Waals surface area contributed by atoms with E-state index in [-0.39, 0.29) is 23.3 Å². The van der Waals surface area contributed by atoms with Gasteiger partial charge in [-0.1, -0.05) is 13.8 Å². The maximum atomic E-state index is 11.9. The van der Waals surface area contributed by atoms with Gasteiger partial charge in [0.05, 0.1) is 12.3 Å². The van der Waals surface area contributed by atoms with Crippen molar-refractivity contribution in [1.82, 2.24) is 0 Å². The van der Waals surface area contributed by atoms with Gasteiger partial charge in [-0.15, -0.1) is 0 Å². The molecule has 1 saturated heterocycles. The molecular weight excluding hydrogens is 240 g/mol. The van der Waals surface area contributed by atoms with Crippen LogP contribution in [0, 0.1) is 29.1 Å². The first-order chi connectivity index (χ1) is 9.14. The van der Waals surface area contributed by atoms with Gasteiger partial charge in [0.1, 0.15) is 0 Å². The molecule has 0 aromatic heterocycles. The lowest BCUT2D eigenvalue weighted by molar-refractivity contribution is -0.158. The van der Waals surface area contributed by atoms with Crippen LogP contribution in [0.2, 0.25) is 0 Å². The Balaban J connectivity index is 0.000000528. The van der Waals surface area contributed by atoms with Crippen LogP contribution in [0.5, 0.6) is 0 Å². The van der Waals surface area contributed by atoms with Gasteiger partial charge in [-0.25, -0.2) is 0 Å². The van der Waals surface area contributed by atoms with Crippen LogP contribution in [0.1, 0.15) is 58.8 Å². The molecule has 0 radical (unpaired) electrons. The molecular formula is C16H24O3. The summed E-state index contributed by atoms with van der Waals surface area (Å²) >= 11 is 0. The molecule has 1 unspecified atom stereocenters. The van der Waals surface area contributed by atoms with Gasteiger partial charge in [0.15, 0.2) is 0 Å². The van der Waals surface area contributed by atoms with Crippen LogP contribution in [-0.2, 0) is 14.3 Å². The number of ether oxygens (including phenoxy) is 1. The van der Waals surface area contributed by atoms with Crippen molar-refractivity contribution in [3.63, 3.8) is 0 Å². The van der Waals surface area contributed by atoms with E-state index in [1.807, 2.05) is 13.8 Å². The Hall–Kier alpha value is -0.860. The zero-order valence-electron chi connectivity index (χ0n) is 12.0. The Labute approximate surface area is 115 Å². The molecule has 4 aliphatic carbocycles. The molecule has 19 heavy (non-hydrogen) atoms. The molecule has 0 N–H and O–H groups in total. The molecule has 1 heterocycles. The number of carbonyl (C=O) groups is 2. The lowest BCUT2D eigenvalue weighted by Gasteiger charge is -2.58. The van der Waals surface area contributed by atoms with E-state index in [9.17, 15) is 9.59 Å². The number of hydrogen-bond donors (Lipinski definition) is 0. The number of rotatable bonds is 1. The molecule has 106 valence electrons. The zero-order valence-corrected chi connectivity index (χ0v) is 12.0. The van der Waals surface area contributed by atoms with Crippen molar-refractivity contribution in [2.75, 3.05) is 0 Å². The highest BCUT2D eigenvalue weighted by atomic mass is 16.6. The molecule has 5 fully saturated rings. The Morgan fingerprint density at radius 3 is 1.79 bits per heavy atom. The number of cyclic esters (lactones) is 2. The molecule has 4 saturated carbocycles. The summed E-state index contributed by atoms with van der Waals surface area (Å²) in [5.41, 5.74) is 0.137. The van der Waals surface area contributed by atoms with Gasteiger partial charge in [-0.2, -0.15) is 0 Å². The second-order valence-corrected chi connectivity index (χ2v) is 6.83. The van der Waals surface area contributed by atoms with Gasteiger partial charge in [0.25, 0.3) is 0 Å². The molecule has 5 aliphatic rings. The van der Waals surface area contributed by atoms with E-state index < -0.39 is 0 Å². The number of esters is 2. The highest BCUT2D eigenvalue weighted by molar-refractivity contribution is 5.95. The summed E-state index contributed by atoms with van der Waals surface area (Å²) in [4.78, 5) is 23.2. The van der Waals surface area contributed by atoms with E-state index >= 15 is 0 Å². The maximum Gasteiger partial charge on any atom is 0.317 e. The maximum absolute atomic E-state index is 11.9. The van der Waals surface area contributed by atoms with Crippen molar-refractivity contribution in [2.45, 2.75) is 58.8 Å². The Kier molecular flexibility index (Phi) is 3.18. The van der Waals surface area contributed by atoms with E-state index in [1.54, 1.807) is 0 Å². The van der Waals surface area contributed by atoms with E-state index in [0.29, 0.717) is 6.42 Å². The number of hydrogen-bond acceptors (Lipinski definition) is 3. The normalized spacial score (nSPS) is 46.8. The standard InChI is InChI=1S/C14H18O3.C2H6/c15-12-4-11(13(16)17-12)14-5-8-1-9(6-14)3-10(2-8)7-14;1-2/h8-11H,1-7H2;1-2H3. The number of carbonyl (C=O) groups excluding carboxylic acids is 2. The summed E-state index contributed by atoms with van der Waals surface area (Å²) < 4.78 is 4.79. The van der Waals surface area contributed by atoms with Gasteiger partial charge < -0.3 is 4.74 Å². The minimum atomic E-state index is -0.296. The van der Waals surface area contributed by atoms with E-state index in [0.717, 1.165) is 17.8 Å². The first kappa shape index (κ1) is 13.1. The fourth-order valence-corrected chi connectivity index (χ4v) is 5.55. The molecule has 0 amide bonds. The Bertz CT molecular complexity index is 364. The lowest BCUT2D eigenvalue weighted by atomic mass is 9.46. The third kappa shape index (κ3) is 2.02. The highest BCUT2D eigenvalue weighted by Gasteiger charge is 2.58. The van der Waals surface area contributed by atoms with Crippen LogP contribution < -0.4 is 0 Å². The second-order valence-electron chi connectivity index (χ2n) is 6.83. The van der Waals surface area contributed by atoms with Gasteiger partial charge in [-0.05, 0) is 61.7 Å². The molecule has 3 heteroatoms. The van der Waals surface area contributed by atoms with Crippen LogP contribution in [0.4, 0.5) is 0 Å². The first-order valence-corrected chi connectivity index (χ1v) is 7.89. The lowest BCUT2D eigenvalue weighted by Crippen LogP contribution is -2.50. The van der Waals surface area contributed by atoms with Crippen molar-refractivity contribution in [2.24, 2.45) is 29.1 Å². The van der Waals surface area contributed by atoms with Crippen LogP contribution in [0.15, 0.2) is 0 Å². The van der Waals surface area contributed by atoms with Crippen molar-refractivity contribution in [3.8, 4) is 0 Å². The van der Waals surface area contributed by atoms with Crippen molar-refractivity contribution in [3.05, 3.63) is 0 Å².